The van der Waals surface area contributed by atoms with Crippen LogP contribution in [0, 0.1) is 13.8 Å². The molecule has 1 unspecified atom stereocenters. The Labute approximate surface area is 119 Å². The molecule has 0 aliphatic rings. The Hall–Kier alpha value is -1.19. The molecule has 2 rings (SSSR count). The highest BCUT2D eigenvalue weighted by molar-refractivity contribution is 7.07. The number of aromatic nitrogens is 1. The second kappa shape index (κ2) is 6.83. The van der Waals surface area contributed by atoms with Crippen LogP contribution < -0.4 is 5.32 Å². The molecule has 2 heterocycles. The maximum Gasteiger partial charge on any atom is 0.0423 e. The van der Waals surface area contributed by atoms with Crippen molar-refractivity contribution in [3.63, 3.8) is 0 Å². The number of aryl methyl sites for hydroxylation is 2. The molecule has 0 bridgehead atoms. The second-order valence-corrected chi connectivity index (χ2v) is 5.75. The van der Waals surface area contributed by atoms with E-state index in [0.29, 0.717) is 6.04 Å². The molecule has 102 valence electrons. The van der Waals surface area contributed by atoms with Crippen molar-refractivity contribution in [1.82, 2.24) is 10.3 Å². The summed E-state index contributed by atoms with van der Waals surface area (Å²) in [5, 5.41) is 8.03. The topological polar surface area (TPSA) is 24.9 Å². The number of hydrogen-bond acceptors (Lipinski definition) is 3. The van der Waals surface area contributed by atoms with E-state index < -0.39 is 0 Å². The molecule has 0 radical (unpaired) electrons. The Morgan fingerprint density at radius 3 is 2.74 bits per heavy atom. The van der Waals surface area contributed by atoms with E-state index in [1.165, 1.54) is 11.1 Å². The van der Waals surface area contributed by atoms with Gasteiger partial charge in [-0.3, -0.25) is 4.98 Å². The van der Waals surface area contributed by atoms with Crippen LogP contribution in [0.4, 0.5) is 0 Å². The van der Waals surface area contributed by atoms with E-state index in [0.717, 1.165) is 30.8 Å². The summed E-state index contributed by atoms with van der Waals surface area (Å²) < 4.78 is 0. The summed E-state index contributed by atoms with van der Waals surface area (Å²) in [6, 6.07) is 6.90. The van der Waals surface area contributed by atoms with Gasteiger partial charge in [0.25, 0.3) is 0 Å². The number of thiophene rings is 1. The van der Waals surface area contributed by atoms with Gasteiger partial charge in [-0.2, -0.15) is 11.3 Å². The molecule has 0 saturated carbocycles. The average molecular weight is 274 g/mol. The van der Waals surface area contributed by atoms with Gasteiger partial charge in [-0.1, -0.05) is 13.0 Å². The lowest BCUT2D eigenvalue weighted by molar-refractivity contribution is 0.525. The molecule has 2 aromatic heterocycles. The van der Waals surface area contributed by atoms with Crippen LogP contribution >= 0.6 is 11.3 Å². The van der Waals surface area contributed by atoms with Crippen LogP contribution in [0.15, 0.2) is 29.0 Å². The molecule has 0 aromatic carbocycles. The third-order valence-electron chi connectivity index (χ3n) is 3.30. The number of rotatable bonds is 6. The first kappa shape index (κ1) is 14.2. The molecular formula is C16H22N2S. The fourth-order valence-corrected chi connectivity index (χ4v) is 3.00. The summed E-state index contributed by atoms with van der Waals surface area (Å²) in [5.41, 5.74) is 4.96. The van der Waals surface area contributed by atoms with Gasteiger partial charge in [0.05, 0.1) is 0 Å². The van der Waals surface area contributed by atoms with Crippen LogP contribution in [-0.2, 0) is 6.42 Å². The highest BCUT2D eigenvalue weighted by Crippen LogP contribution is 2.22. The zero-order valence-electron chi connectivity index (χ0n) is 11.9. The molecule has 1 N–H and O–H groups in total. The van der Waals surface area contributed by atoms with E-state index in [2.05, 4.69) is 53.1 Å². The molecule has 0 saturated heterocycles. The molecule has 0 aliphatic heterocycles. The molecule has 0 fully saturated rings. The SMILES string of the molecule is CCCNC(Cc1ccsc1)c1ccc(C)nc1C. The largest absolute Gasteiger partial charge is 0.310 e. The first-order valence-electron chi connectivity index (χ1n) is 6.89. The van der Waals surface area contributed by atoms with E-state index in [1.54, 1.807) is 11.3 Å². The Morgan fingerprint density at radius 2 is 2.11 bits per heavy atom. The van der Waals surface area contributed by atoms with Crippen LogP contribution in [0.25, 0.3) is 0 Å². The van der Waals surface area contributed by atoms with Gasteiger partial charge in [-0.15, -0.1) is 0 Å². The zero-order valence-corrected chi connectivity index (χ0v) is 12.8. The quantitative estimate of drug-likeness (QED) is 0.860. The summed E-state index contributed by atoms with van der Waals surface area (Å²) in [5.74, 6) is 0. The Morgan fingerprint density at radius 1 is 1.26 bits per heavy atom. The van der Waals surface area contributed by atoms with E-state index in [4.69, 9.17) is 0 Å². The van der Waals surface area contributed by atoms with Crippen molar-refractivity contribution in [2.75, 3.05) is 6.54 Å². The third kappa shape index (κ3) is 3.88. The number of hydrogen-bond donors (Lipinski definition) is 1. The maximum atomic E-state index is 4.59. The van der Waals surface area contributed by atoms with Gasteiger partial charge < -0.3 is 5.32 Å². The molecule has 0 aliphatic carbocycles. The maximum absolute atomic E-state index is 4.59. The van der Waals surface area contributed by atoms with Gasteiger partial charge in [-0.25, -0.2) is 0 Å². The third-order valence-corrected chi connectivity index (χ3v) is 4.03. The predicted molar refractivity (Wildman–Crippen MR) is 82.8 cm³/mol. The average Bonchev–Trinajstić information content (AvgIpc) is 2.88. The summed E-state index contributed by atoms with van der Waals surface area (Å²) >= 11 is 1.76. The molecule has 1 atom stereocenters. The normalized spacial score (nSPS) is 12.6. The Balaban J connectivity index is 2.20. The lowest BCUT2D eigenvalue weighted by Crippen LogP contribution is -2.25. The molecule has 2 aromatic rings. The first-order chi connectivity index (χ1) is 9.20. The van der Waals surface area contributed by atoms with Crippen molar-refractivity contribution in [3.05, 3.63) is 51.5 Å². The number of pyridine rings is 1. The minimum Gasteiger partial charge on any atom is -0.310 e. The van der Waals surface area contributed by atoms with Gasteiger partial charge >= 0.3 is 0 Å². The van der Waals surface area contributed by atoms with E-state index >= 15 is 0 Å². The second-order valence-electron chi connectivity index (χ2n) is 4.97. The standard InChI is InChI=1S/C16H22N2S/c1-4-8-17-16(10-14-7-9-19-11-14)15-6-5-12(2)18-13(15)3/h5-7,9,11,16-17H,4,8,10H2,1-3H3. The molecular weight excluding hydrogens is 252 g/mol. The monoisotopic (exact) mass is 274 g/mol. The van der Waals surface area contributed by atoms with Crippen LogP contribution in [0.3, 0.4) is 0 Å². The van der Waals surface area contributed by atoms with E-state index in [1.807, 2.05) is 6.92 Å². The lowest BCUT2D eigenvalue weighted by Gasteiger charge is -2.20. The molecule has 0 amide bonds. The van der Waals surface area contributed by atoms with E-state index in [-0.39, 0.29) is 0 Å². The minimum atomic E-state index is 0.364. The molecule has 2 nitrogen and oxygen atoms in total. The van der Waals surface area contributed by atoms with Crippen molar-refractivity contribution in [2.45, 2.75) is 39.7 Å². The fraction of sp³-hybridized carbons (Fsp3) is 0.438. The lowest BCUT2D eigenvalue weighted by atomic mass is 9.99. The number of nitrogens with one attached hydrogen (secondary N) is 1. The first-order valence-corrected chi connectivity index (χ1v) is 7.83. The minimum absolute atomic E-state index is 0.364. The highest BCUT2D eigenvalue weighted by atomic mass is 32.1. The Bertz CT molecular complexity index is 505. The Kier molecular flexibility index (Phi) is 5.11. The van der Waals surface area contributed by atoms with Crippen molar-refractivity contribution in [3.8, 4) is 0 Å². The van der Waals surface area contributed by atoms with Crippen molar-refractivity contribution in [1.29, 1.82) is 0 Å². The van der Waals surface area contributed by atoms with Gasteiger partial charge in [0.15, 0.2) is 0 Å². The van der Waals surface area contributed by atoms with Crippen molar-refractivity contribution < 1.29 is 0 Å². The van der Waals surface area contributed by atoms with E-state index in [9.17, 15) is 0 Å². The highest BCUT2D eigenvalue weighted by Gasteiger charge is 2.14. The fourth-order valence-electron chi connectivity index (χ4n) is 2.32. The van der Waals surface area contributed by atoms with Crippen molar-refractivity contribution in [2.24, 2.45) is 0 Å². The molecule has 19 heavy (non-hydrogen) atoms. The summed E-state index contributed by atoms with van der Waals surface area (Å²) in [6.45, 7) is 7.40. The van der Waals surface area contributed by atoms with Gasteiger partial charge in [-0.05, 0) is 67.3 Å². The van der Waals surface area contributed by atoms with Crippen LogP contribution in [-0.4, -0.2) is 11.5 Å². The van der Waals surface area contributed by atoms with Crippen LogP contribution in [0.1, 0.15) is 41.9 Å². The van der Waals surface area contributed by atoms with Gasteiger partial charge in [0, 0.05) is 17.4 Å². The van der Waals surface area contributed by atoms with Gasteiger partial charge in [0.2, 0.25) is 0 Å². The molecule has 3 heteroatoms. The van der Waals surface area contributed by atoms with Gasteiger partial charge in [0.1, 0.15) is 0 Å². The predicted octanol–water partition coefficient (Wildman–Crippen LogP) is 4.04. The summed E-state index contributed by atoms with van der Waals surface area (Å²) in [7, 11) is 0. The van der Waals surface area contributed by atoms with Crippen molar-refractivity contribution >= 4 is 11.3 Å². The zero-order chi connectivity index (χ0) is 13.7. The number of nitrogens with zero attached hydrogens (tertiary/aromatic N) is 1. The van der Waals surface area contributed by atoms with Crippen LogP contribution in [0.2, 0.25) is 0 Å². The smallest absolute Gasteiger partial charge is 0.0423 e. The van der Waals surface area contributed by atoms with Crippen LogP contribution in [0.5, 0.6) is 0 Å². The summed E-state index contributed by atoms with van der Waals surface area (Å²) in [6.07, 6.45) is 2.19. The molecule has 0 spiro atoms. The summed E-state index contributed by atoms with van der Waals surface area (Å²) in [4.78, 5) is 4.59.